The van der Waals surface area contributed by atoms with Crippen LogP contribution < -0.4 is 0 Å². The molecule has 0 N–H and O–H groups in total. The number of unbranched alkanes of at least 4 members (excludes halogenated alkanes) is 12. The van der Waals surface area contributed by atoms with Crippen molar-refractivity contribution in [2.45, 2.75) is 103 Å². The second-order valence-electron chi connectivity index (χ2n) is 8.37. The van der Waals surface area contributed by atoms with E-state index in [-0.39, 0.29) is 0 Å². The van der Waals surface area contributed by atoms with Gasteiger partial charge in [-0.3, -0.25) is 0 Å². The van der Waals surface area contributed by atoms with E-state index >= 15 is 0 Å². The number of allylic oxidation sites excluding steroid dienone is 2. The summed E-state index contributed by atoms with van der Waals surface area (Å²) < 4.78 is 0. The van der Waals surface area contributed by atoms with Crippen LogP contribution in [0.2, 0.25) is 0 Å². The molecule has 0 heterocycles. The van der Waals surface area contributed by atoms with Gasteiger partial charge in [-0.25, -0.2) is 0 Å². The molecule has 0 heteroatoms. The van der Waals surface area contributed by atoms with E-state index in [9.17, 15) is 0 Å². The smallest absolute Gasteiger partial charge is 0.0181 e. The quantitative estimate of drug-likeness (QED) is 0.201. The fourth-order valence-electron chi connectivity index (χ4n) is 3.98. The van der Waals surface area contributed by atoms with Gasteiger partial charge in [-0.15, -0.1) is 0 Å². The van der Waals surface area contributed by atoms with E-state index in [1.807, 2.05) is 0 Å². The summed E-state index contributed by atoms with van der Waals surface area (Å²) in [4.78, 5) is 0. The molecular weight excluding hydrogens is 336 g/mol. The zero-order valence-corrected chi connectivity index (χ0v) is 18.3. The topological polar surface area (TPSA) is 0 Å². The van der Waals surface area contributed by atoms with Crippen LogP contribution in [0, 0.1) is 0 Å². The van der Waals surface area contributed by atoms with Gasteiger partial charge in [0.1, 0.15) is 0 Å². The molecule has 0 saturated heterocycles. The highest BCUT2D eigenvalue weighted by Crippen LogP contribution is 2.17. The third kappa shape index (κ3) is 10.1. The molecule has 0 nitrogen and oxygen atoms in total. The van der Waals surface area contributed by atoms with E-state index in [2.05, 4.69) is 61.5 Å². The van der Waals surface area contributed by atoms with E-state index in [0.29, 0.717) is 0 Å². The molecule has 0 aliphatic rings. The highest BCUT2D eigenvalue weighted by Gasteiger charge is 1.96. The standard InChI is InChI=1S/C28H42/c1-2-3-4-5-6-7-8-9-10-11-12-13-14-15-16-17-20-26-23-24-27-21-18-19-22-28(27)25-26/h15-16,18-19,21-25H,2-14,17,20H2,1H3/b16-15+. The molecule has 0 spiro atoms. The van der Waals surface area contributed by atoms with Crippen LogP contribution >= 0.6 is 0 Å². The molecule has 0 fully saturated rings. The number of hydrogen-bond acceptors (Lipinski definition) is 0. The summed E-state index contributed by atoms with van der Waals surface area (Å²) in [7, 11) is 0. The molecule has 0 unspecified atom stereocenters. The number of benzene rings is 2. The van der Waals surface area contributed by atoms with Crippen molar-refractivity contribution < 1.29 is 0 Å². The second kappa shape index (κ2) is 15.4. The summed E-state index contributed by atoms with van der Waals surface area (Å²) in [6.07, 6.45) is 25.5. The van der Waals surface area contributed by atoms with Crippen LogP contribution in [0.5, 0.6) is 0 Å². The Balaban J connectivity index is 1.40. The summed E-state index contributed by atoms with van der Waals surface area (Å²) in [6, 6.07) is 15.5. The first kappa shape index (κ1) is 22.7. The SMILES string of the molecule is CCCCCCCCCCCCCC/C=C/CCc1ccc2ccccc2c1. The average Bonchev–Trinajstić information content (AvgIpc) is 2.73. The first-order chi connectivity index (χ1) is 13.9. The van der Waals surface area contributed by atoms with Gasteiger partial charge < -0.3 is 0 Å². The minimum absolute atomic E-state index is 1.15. The molecule has 0 amide bonds. The van der Waals surface area contributed by atoms with Gasteiger partial charge in [0.25, 0.3) is 0 Å². The summed E-state index contributed by atoms with van der Waals surface area (Å²) in [6.45, 7) is 2.29. The van der Waals surface area contributed by atoms with Crippen molar-refractivity contribution in [2.75, 3.05) is 0 Å². The Bertz CT molecular complexity index is 652. The minimum Gasteiger partial charge on any atom is -0.0885 e. The van der Waals surface area contributed by atoms with Crippen molar-refractivity contribution >= 4 is 10.8 Å². The van der Waals surface area contributed by atoms with Gasteiger partial charge in [0.05, 0.1) is 0 Å². The van der Waals surface area contributed by atoms with Crippen LogP contribution in [0.3, 0.4) is 0 Å². The Morgan fingerprint density at radius 2 is 1.14 bits per heavy atom. The summed E-state index contributed by atoms with van der Waals surface area (Å²) >= 11 is 0. The molecule has 2 rings (SSSR count). The highest BCUT2D eigenvalue weighted by atomic mass is 14.0. The lowest BCUT2D eigenvalue weighted by molar-refractivity contribution is 0.545. The molecule has 0 saturated carbocycles. The summed E-state index contributed by atoms with van der Waals surface area (Å²) in [5, 5.41) is 2.70. The third-order valence-electron chi connectivity index (χ3n) is 5.80. The predicted molar refractivity (Wildman–Crippen MR) is 127 cm³/mol. The van der Waals surface area contributed by atoms with Crippen molar-refractivity contribution in [1.82, 2.24) is 0 Å². The Kier molecular flexibility index (Phi) is 12.5. The van der Waals surface area contributed by atoms with Crippen LogP contribution in [0.15, 0.2) is 54.6 Å². The van der Waals surface area contributed by atoms with Crippen molar-refractivity contribution in [1.29, 1.82) is 0 Å². The van der Waals surface area contributed by atoms with Crippen LogP contribution in [-0.4, -0.2) is 0 Å². The fourth-order valence-corrected chi connectivity index (χ4v) is 3.98. The number of rotatable bonds is 16. The zero-order valence-electron chi connectivity index (χ0n) is 18.3. The van der Waals surface area contributed by atoms with E-state index < -0.39 is 0 Å². The molecule has 0 radical (unpaired) electrons. The molecule has 2 aromatic rings. The first-order valence-electron chi connectivity index (χ1n) is 12.0. The van der Waals surface area contributed by atoms with E-state index in [0.717, 1.165) is 12.8 Å². The Hall–Kier alpha value is -1.56. The molecule has 28 heavy (non-hydrogen) atoms. The van der Waals surface area contributed by atoms with Crippen molar-refractivity contribution in [3.05, 3.63) is 60.2 Å². The number of fused-ring (bicyclic) bond motifs is 1. The summed E-state index contributed by atoms with van der Waals surface area (Å²) in [5.74, 6) is 0. The normalized spacial score (nSPS) is 11.6. The van der Waals surface area contributed by atoms with Gasteiger partial charge in [0, 0.05) is 0 Å². The molecule has 0 aromatic heterocycles. The predicted octanol–water partition coefficient (Wildman–Crippen LogP) is 9.42. The Labute approximate surface area is 174 Å². The molecular formula is C28H42. The summed E-state index contributed by atoms with van der Waals surface area (Å²) in [5.41, 5.74) is 1.45. The maximum absolute atomic E-state index is 2.40. The van der Waals surface area contributed by atoms with Crippen molar-refractivity contribution in [2.24, 2.45) is 0 Å². The monoisotopic (exact) mass is 378 g/mol. The second-order valence-corrected chi connectivity index (χ2v) is 8.37. The Morgan fingerprint density at radius 1 is 0.571 bits per heavy atom. The number of aryl methyl sites for hydroxylation is 1. The minimum atomic E-state index is 1.15. The zero-order chi connectivity index (χ0) is 19.7. The van der Waals surface area contributed by atoms with Crippen LogP contribution in [0.1, 0.15) is 102 Å². The lowest BCUT2D eigenvalue weighted by Gasteiger charge is -2.02. The van der Waals surface area contributed by atoms with Crippen LogP contribution in [0.4, 0.5) is 0 Å². The molecule has 0 bridgehead atoms. The molecule has 0 atom stereocenters. The van der Waals surface area contributed by atoms with Gasteiger partial charge in [0.15, 0.2) is 0 Å². The van der Waals surface area contributed by atoms with Crippen LogP contribution in [-0.2, 0) is 6.42 Å². The van der Waals surface area contributed by atoms with Crippen molar-refractivity contribution in [3.63, 3.8) is 0 Å². The van der Waals surface area contributed by atoms with E-state index in [4.69, 9.17) is 0 Å². The lowest BCUT2D eigenvalue weighted by Crippen LogP contribution is -1.84. The maximum Gasteiger partial charge on any atom is -0.0181 e. The van der Waals surface area contributed by atoms with Gasteiger partial charge in [-0.1, -0.05) is 132 Å². The van der Waals surface area contributed by atoms with Gasteiger partial charge >= 0.3 is 0 Å². The average molecular weight is 379 g/mol. The highest BCUT2D eigenvalue weighted by molar-refractivity contribution is 5.82. The van der Waals surface area contributed by atoms with Gasteiger partial charge in [-0.2, -0.15) is 0 Å². The lowest BCUT2D eigenvalue weighted by atomic mass is 10.0. The van der Waals surface area contributed by atoms with E-state index in [1.165, 1.54) is 99.8 Å². The Morgan fingerprint density at radius 3 is 1.82 bits per heavy atom. The fraction of sp³-hybridized carbons (Fsp3) is 0.571. The maximum atomic E-state index is 2.40. The van der Waals surface area contributed by atoms with E-state index in [1.54, 1.807) is 0 Å². The largest absolute Gasteiger partial charge is 0.0885 e. The number of hydrogen-bond donors (Lipinski definition) is 0. The van der Waals surface area contributed by atoms with Gasteiger partial charge in [0.2, 0.25) is 0 Å². The molecule has 0 aliphatic carbocycles. The third-order valence-corrected chi connectivity index (χ3v) is 5.80. The van der Waals surface area contributed by atoms with Gasteiger partial charge in [-0.05, 0) is 42.0 Å². The van der Waals surface area contributed by atoms with Crippen LogP contribution in [0.25, 0.3) is 10.8 Å². The van der Waals surface area contributed by atoms with Crippen molar-refractivity contribution in [3.8, 4) is 0 Å². The molecule has 154 valence electrons. The molecule has 2 aromatic carbocycles. The first-order valence-corrected chi connectivity index (χ1v) is 12.0. The molecule has 0 aliphatic heterocycles.